The van der Waals surface area contributed by atoms with Gasteiger partial charge in [0, 0.05) is 6.04 Å². The third-order valence-electron chi connectivity index (χ3n) is 2.44. The maximum Gasteiger partial charge on any atom is 0.180 e. The number of nitrogens with zero attached hydrogens (tertiary/aromatic N) is 1. The van der Waals surface area contributed by atoms with Gasteiger partial charge in [0.2, 0.25) is 0 Å². The Morgan fingerprint density at radius 3 is 2.75 bits per heavy atom. The summed E-state index contributed by atoms with van der Waals surface area (Å²) in [7, 11) is 0. The van der Waals surface area contributed by atoms with E-state index in [4.69, 9.17) is 4.42 Å². The summed E-state index contributed by atoms with van der Waals surface area (Å²) in [5.41, 5.74) is 1.04. The van der Waals surface area contributed by atoms with Crippen LogP contribution in [-0.2, 0) is 6.54 Å². The molecule has 1 unspecified atom stereocenters. The molecule has 0 amide bonds. The smallest absolute Gasteiger partial charge is 0.180 e. The molecule has 1 atom stereocenters. The van der Waals surface area contributed by atoms with E-state index in [1.807, 2.05) is 6.92 Å². The van der Waals surface area contributed by atoms with Crippen molar-refractivity contribution in [1.82, 2.24) is 10.3 Å². The number of rotatable bonds is 4. The van der Waals surface area contributed by atoms with Gasteiger partial charge >= 0.3 is 0 Å². The molecule has 2 aromatic rings. The minimum atomic E-state index is -0.216. The standard InChI is InChI=1S/C12H13FN2O/c1-9(10-2-4-11(13)5-3-10)15-7-12-6-14-8-16-12/h2-6,8-9,15H,7H2,1H3. The van der Waals surface area contributed by atoms with E-state index in [9.17, 15) is 4.39 Å². The van der Waals surface area contributed by atoms with Crippen molar-refractivity contribution in [2.75, 3.05) is 0 Å². The van der Waals surface area contributed by atoms with Crippen LogP contribution >= 0.6 is 0 Å². The van der Waals surface area contributed by atoms with Crippen molar-refractivity contribution in [2.45, 2.75) is 19.5 Å². The van der Waals surface area contributed by atoms with Gasteiger partial charge in [0.15, 0.2) is 6.39 Å². The van der Waals surface area contributed by atoms with Gasteiger partial charge in [-0.1, -0.05) is 12.1 Å². The van der Waals surface area contributed by atoms with Crippen LogP contribution < -0.4 is 5.32 Å². The summed E-state index contributed by atoms with van der Waals surface area (Å²) in [6, 6.07) is 6.61. The lowest BCUT2D eigenvalue weighted by molar-refractivity contribution is 0.457. The summed E-state index contributed by atoms with van der Waals surface area (Å²) in [5, 5.41) is 3.26. The van der Waals surface area contributed by atoms with Gasteiger partial charge in [-0.05, 0) is 24.6 Å². The Morgan fingerprint density at radius 2 is 2.12 bits per heavy atom. The topological polar surface area (TPSA) is 38.1 Å². The van der Waals surface area contributed by atoms with Crippen molar-refractivity contribution in [3.05, 3.63) is 54.0 Å². The molecule has 0 saturated heterocycles. The molecule has 3 nitrogen and oxygen atoms in total. The zero-order chi connectivity index (χ0) is 11.4. The highest BCUT2D eigenvalue weighted by molar-refractivity contribution is 5.19. The number of aromatic nitrogens is 1. The van der Waals surface area contributed by atoms with E-state index in [1.54, 1.807) is 18.3 Å². The van der Waals surface area contributed by atoms with Crippen LogP contribution in [0.5, 0.6) is 0 Å². The van der Waals surface area contributed by atoms with E-state index >= 15 is 0 Å². The first kappa shape index (κ1) is 10.8. The number of hydrogen-bond donors (Lipinski definition) is 1. The van der Waals surface area contributed by atoms with Gasteiger partial charge < -0.3 is 9.73 Å². The van der Waals surface area contributed by atoms with Gasteiger partial charge in [0.1, 0.15) is 11.6 Å². The minimum Gasteiger partial charge on any atom is -0.447 e. The van der Waals surface area contributed by atoms with E-state index in [1.165, 1.54) is 18.5 Å². The summed E-state index contributed by atoms with van der Waals surface area (Å²) in [4.78, 5) is 3.83. The molecule has 2 rings (SSSR count). The number of hydrogen-bond acceptors (Lipinski definition) is 3. The normalized spacial score (nSPS) is 12.6. The van der Waals surface area contributed by atoms with Crippen LogP contribution in [0.1, 0.15) is 24.3 Å². The third kappa shape index (κ3) is 2.67. The molecule has 4 heteroatoms. The van der Waals surface area contributed by atoms with Crippen molar-refractivity contribution >= 4 is 0 Å². The highest BCUT2D eigenvalue weighted by atomic mass is 19.1. The highest BCUT2D eigenvalue weighted by Gasteiger charge is 2.05. The largest absolute Gasteiger partial charge is 0.447 e. The molecule has 0 saturated carbocycles. The molecule has 0 aliphatic carbocycles. The van der Waals surface area contributed by atoms with E-state index in [2.05, 4.69) is 10.3 Å². The predicted octanol–water partition coefficient (Wildman–Crippen LogP) is 2.66. The van der Waals surface area contributed by atoms with Crippen molar-refractivity contribution in [2.24, 2.45) is 0 Å². The predicted molar refractivity (Wildman–Crippen MR) is 58.2 cm³/mol. The summed E-state index contributed by atoms with van der Waals surface area (Å²) < 4.78 is 17.8. The fraction of sp³-hybridized carbons (Fsp3) is 0.250. The van der Waals surface area contributed by atoms with Crippen LogP contribution in [0.25, 0.3) is 0 Å². The first-order chi connectivity index (χ1) is 7.75. The second-order valence-electron chi connectivity index (χ2n) is 3.62. The average molecular weight is 220 g/mol. The Kier molecular flexibility index (Phi) is 3.31. The van der Waals surface area contributed by atoms with Crippen LogP contribution in [0.2, 0.25) is 0 Å². The lowest BCUT2D eigenvalue weighted by Gasteiger charge is -2.12. The Bertz CT molecular complexity index is 425. The zero-order valence-electron chi connectivity index (χ0n) is 8.98. The second kappa shape index (κ2) is 4.90. The van der Waals surface area contributed by atoms with Gasteiger partial charge in [0.25, 0.3) is 0 Å². The van der Waals surface area contributed by atoms with Crippen LogP contribution in [0.15, 0.2) is 41.3 Å². The molecule has 16 heavy (non-hydrogen) atoms. The molecule has 1 aromatic heterocycles. The van der Waals surface area contributed by atoms with Crippen LogP contribution in [0.3, 0.4) is 0 Å². The number of benzene rings is 1. The molecule has 0 bridgehead atoms. The van der Waals surface area contributed by atoms with Crippen molar-refractivity contribution in [3.8, 4) is 0 Å². The molecule has 0 aliphatic rings. The molecule has 1 N–H and O–H groups in total. The van der Waals surface area contributed by atoms with E-state index in [-0.39, 0.29) is 11.9 Å². The van der Waals surface area contributed by atoms with Crippen molar-refractivity contribution in [1.29, 1.82) is 0 Å². The summed E-state index contributed by atoms with van der Waals surface area (Å²) in [6.07, 6.45) is 3.07. The SMILES string of the molecule is CC(NCc1cnco1)c1ccc(F)cc1. The molecule has 84 valence electrons. The number of oxazole rings is 1. The van der Waals surface area contributed by atoms with Crippen LogP contribution in [0, 0.1) is 5.82 Å². The number of nitrogens with one attached hydrogen (secondary N) is 1. The number of halogens is 1. The first-order valence-electron chi connectivity index (χ1n) is 5.12. The molecule has 0 radical (unpaired) electrons. The Hall–Kier alpha value is -1.68. The lowest BCUT2D eigenvalue weighted by Crippen LogP contribution is -2.17. The van der Waals surface area contributed by atoms with Crippen molar-refractivity contribution in [3.63, 3.8) is 0 Å². The molecule has 0 spiro atoms. The van der Waals surface area contributed by atoms with Crippen LogP contribution in [0.4, 0.5) is 4.39 Å². The maximum absolute atomic E-state index is 12.7. The fourth-order valence-corrected chi connectivity index (χ4v) is 1.45. The Balaban J connectivity index is 1.93. The summed E-state index contributed by atoms with van der Waals surface area (Å²) in [5.74, 6) is 0.570. The molecule has 1 aromatic carbocycles. The highest BCUT2D eigenvalue weighted by Crippen LogP contribution is 2.13. The van der Waals surface area contributed by atoms with Gasteiger partial charge in [-0.2, -0.15) is 0 Å². The van der Waals surface area contributed by atoms with Gasteiger partial charge in [0.05, 0.1) is 12.7 Å². The van der Waals surface area contributed by atoms with E-state index in [0.717, 1.165) is 11.3 Å². The quantitative estimate of drug-likeness (QED) is 0.860. The van der Waals surface area contributed by atoms with E-state index < -0.39 is 0 Å². The molecular formula is C12H13FN2O. The lowest BCUT2D eigenvalue weighted by atomic mass is 10.1. The summed E-state index contributed by atoms with van der Waals surface area (Å²) in [6.45, 7) is 2.63. The van der Waals surface area contributed by atoms with Gasteiger partial charge in [-0.25, -0.2) is 9.37 Å². The van der Waals surface area contributed by atoms with Crippen molar-refractivity contribution < 1.29 is 8.81 Å². The Labute approximate surface area is 93.3 Å². The van der Waals surface area contributed by atoms with Gasteiger partial charge in [-0.15, -0.1) is 0 Å². The first-order valence-corrected chi connectivity index (χ1v) is 5.12. The van der Waals surface area contributed by atoms with E-state index in [0.29, 0.717) is 6.54 Å². The molecule has 0 fully saturated rings. The molecule has 1 heterocycles. The molecular weight excluding hydrogens is 207 g/mol. The average Bonchev–Trinajstić information content (AvgIpc) is 2.80. The third-order valence-corrected chi connectivity index (χ3v) is 2.44. The summed E-state index contributed by atoms with van der Waals surface area (Å²) >= 11 is 0. The second-order valence-corrected chi connectivity index (χ2v) is 3.62. The fourth-order valence-electron chi connectivity index (χ4n) is 1.45. The molecule has 0 aliphatic heterocycles. The Morgan fingerprint density at radius 1 is 1.38 bits per heavy atom. The minimum absolute atomic E-state index is 0.144. The monoisotopic (exact) mass is 220 g/mol. The van der Waals surface area contributed by atoms with Crippen LogP contribution in [-0.4, -0.2) is 4.98 Å². The zero-order valence-corrected chi connectivity index (χ0v) is 8.98. The maximum atomic E-state index is 12.7. The van der Waals surface area contributed by atoms with Gasteiger partial charge in [-0.3, -0.25) is 0 Å².